The minimum absolute atomic E-state index is 0.0942. The van der Waals surface area contributed by atoms with Crippen LogP contribution in [0, 0.1) is 0 Å². The van der Waals surface area contributed by atoms with Gasteiger partial charge in [0.25, 0.3) is 0 Å². The van der Waals surface area contributed by atoms with Gasteiger partial charge in [0.15, 0.2) is 0 Å². The van der Waals surface area contributed by atoms with Gasteiger partial charge >= 0.3 is 0 Å². The molecule has 1 fully saturated rings. The molecule has 2 rings (SSSR count). The first kappa shape index (κ1) is 14.7. The number of carbonyl (C=O) groups excluding carboxylic acids is 1. The molecule has 0 spiro atoms. The third-order valence-electron chi connectivity index (χ3n) is 3.70. The van der Waals surface area contributed by atoms with Crippen LogP contribution >= 0.6 is 0 Å². The number of methoxy groups -OCH3 is 2. The van der Waals surface area contributed by atoms with Crippen molar-refractivity contribution in [1.29, 1.82) is 0 Å². The number of ether oxygens (including phenoxy) is 2. The molecule has 1 atom stereocenters. The molecule has 1 N–H and O–H groups in total. The normalized spacial score (nSPS) is 18.1. The Balaban J connectivity index is 2.27. The van der Waals surface area contributed by atoms with Crippen LogP contribution in [0.1, 0.15) is 24.4 Å². The van der Waals surface area contributed by atoms with Crippen molar-refractivity contribution in [3.8, 4) is 11.5 Å². The lowest BCUT2D eigenvalue weighted by Crippen LogP contribution is -2.36. The molecule has 0 aliphatic carbocycles. The number of rotatable bonds is 5. The zero-order valence-corrected chi connectivity index (χ0v) is 12.3. The summed E-state index contributed by atoms with van der Waals surface area (Å²) in [4.78, 5) is 14.1. The molecule has 1 aliphatic rings. The molecule has 1 unspecified atom stereocenters. The van der Waals surface area contributed by atoms with E-state index in [2.05, 4.69) is 5.32 Å². The Morgan fingerprint density at radius 2 is 2.20 bits per heavy atom. The predicted molar refractivity (Wildman–Crippen MR) is 77.2 cm³/mol. The second kappa shape index (κ2) is 6.61. The quantitative estimate of drug-likeness (QED) is 0.888. The van der Waals surface area contributed by atoms with Gasteiger partial charge in [-0.1, -0.05) is 0 Å². The second-order valence-electron chi connectivity index (χ2n) is 4.88. The molecule has 0 saturated carbocycles. The van der Waals surface area contributed by atoms with E-state index in [0.717, 1.165) is 36.4 Å². The highest BCUT2D eigenvalue weighted by Gasteiger charge is 2.31. The van der Waals surface area contributed by atoms with Gasteiger partial charge in [-0.3, -0.25) is 4.79 Å². The maximum Gasteiger partial charge on any atom is 0.237 e. The summed E-state index contributed by atoms with van der Waals surface area (Å²) >= 11 is 0. The minimum atomic E-state index is 0.0942. The van der Waals surface area contributed by atoms with Crippen molar-refractivity contribution in [2.45, 2.75) is 18.9 Å². The largest absolute Gasteiger partial charge is 0.497 e. The molecule has 1 heterocycles. The van der Waals surface area contributed by atoms with Crippen LogP contribution in [0.25, 0.3) is 0 Å². The van der Waals surface area contributed by atoms with Gasteiger partial charge in [0, 0.05) is 18.2 Å². The van der Waals surface area contributed by atoms with Crippen LogP contribution in [0.5, 0.6) is 11.5 Å². The van der Waals surface area contributed by atoms with E-state index in [1.807, 2.05) is 23.1 Å². The minimum Gasteiger partial charge on any atom is -0.497 e. The summed E-state index contributed by atoms with van der Waals surface area (Å²) in [6.45, 7) is 1.18. The van der Waals surface area contributed by atoms with Gasteiger partial charge in [0.2, 0.25) is 5.91 Å². The average molecular weight is 278 g/mol. The summed E-state index contributed by atoms with van der Waals surface area (Å²) in [7, 11) is 5.07. The molecule has 5 nitrogen and oxygen atoms in total. The van der Waals surface area contributed by atoms with Crippen molar-refractivity contribution in [2.24, 2.45) is 0 Å². The van der Waals surface area contributed by atoms with E-state index in [9.17, 15) is 4.79 Å². The number of amides is 1. The standard InChI is InChI=1S/C15H22N2O3/c1-16-10-15(18)17-8-4-5-13(17)12-7-6-11(19-2)9-14(12)20-3/h6-7,9,13,16H,4-5,8,10H2,1-3H3. The van der Waals surface area contributed by atoms with Crippen LogP contribution in [0.15, 0.2) is 18.2 Å². The number of nitrogens with one attached hydrogen (secondary N) is 1. The molecule has 1 saturated heterocycles. The Labute approximate surface area is 119 Å². The Hall–Kier alpha value is -1.75. The van der Waals surface area contributed by atoms with Crippen LogP contribution in [0.3, 0.4) is 0 Å². The van der Waals surface area contributed by atoms with Gasteiger partial charge in [-0.25, -0.2) is 0 Å². The Morgan fingerprint density at radius 1 is 1.40 bits per heavy atom. The molecule has 20 heavy (non-hydrogen) atoms. The highest BCUT2D eigenvalue weighted by Crippen LogP contribution is 2.38. The fourth-order valence-electron chi connectivity index (χ4n) is 2.74. The van der Waals surface area contributed by atoms with Gasteiger partial charge in [-0.15, -0.1) is 0 Å². The predicted octanol–water partition coefficient (Wildman–Crippen LogP) is 1.59. The summed E-state index contributed by atoms with van der Waals surface area (Å²) in [5, 5.41) is 2.92. The lowest BCUT2D eigenvalue weighted by molar-refractivity contribution is -0.131. The topological polar surface area (TPSA) is 50.8 Å². The SMILES string of the molecule is CNCC(=O)N1CCCC1c1ccc(OC)cc1OC. The number of hydrogen-bond donors (Lipinski definition) is 1. The van der Waals surface area contributed by atoms with Gasteiger partial charge in [-0.2, -0.15) is 0 Å². The van der Waals surface area contributed by atoms with E-state index >= 15 is 0 Å². The number of benzene rings is 1. The summed E-state index contributed by atoms with van der Waals surface area (Å²) < 4.78 is 10.7. The first-order chi connectivity index (χ1) is 9.71. The van der Waals surface area contributed by atoms with E-state index < -0.39 is 0 Å². The zero-order valence-electron chi connectivity index (χ0n) is 12.3. The van der Waals surface area contributed by atoms with E-state index in [1.54, 1.807) is 21.3 Å². The molecule has 1 aromatic rings. The summed E-state index contributed by atoms with van der Waals surface area (Å²) in [6.07, 6.45) is 1.99. The molecule has 110 valence electrons. The number of likely N-dealkylation sites (N-methyl/N-ethyl adjacent to an activating group) is 1. The average Bonchev–Trinajstić information content (AvgIpc) is 2.96. The third-order valence-corrected chi connectivity index (χ3v) is 3.70. The van der Waals surface area contributed by atoms with Crippen molar-refractivity contribution in [1.82, 2.24) is 10.2 Å². The number of carbonyl (C=O) groups is 1. The smallest absolute Gasteiger partial charge is 0.237 e. The Bertz CT molecular complexity index is 476. The first-order valence-electron chi connectivity index (χ1n) is 6.87. The van der Waals surface area contributed by atoms with Gasteiger partial charge in [0.1, 0.15) is 11.5 Å². The molecule has 0 bridgehead atoms. The summed E-state index contributed by atoms with van der Waals surface area (Å²) in [6, 6.07) is 5.87. The molecule has 1 aliphatic heterocycles. The van der Waals surface area contributed by atoms with Crippen LogP contribution < -0.4 is 14.8 Å². The molecule has 1 amide bonds. The molecule has 0 radical (unpaired) electrons. The van der Waals surface area contributed by atoms with E-state index in [0.29, 0.717) is 6.54 Å². The van der Waals surface area contributed by atoms with Crippen LogP contribution in [0.2, 0.25) is 0 Å². The number of nitrogens with zero attached hydrogens (tertiary/aromatic N) is 1. The highest BCUT2D eigenvalue weighted by molar-refractivity contribution is 5.79. The lowest BCUT2D eigenvalue weighted by atomic mass is 10.0. The Kier molecular flexibility index (Phi) is 4.84. The number of hydrogen-bond acceptors (Lipinski definition) is 4. The Morgan fingerprint density at radius 3 is 2.85 bits per heavy atom. The van der Waals surface area contributed by atoms with Gasteiger partial charge < -0.3 is 19.7 Å². The molecular weight excluding hydrogens is 256 g/mol. The fourth-order valence-corrected chi connectivity index (χ4v) is 2.74. The van der Waals surface area contributed by atoms with E-state index in [1.165, 1.54) is 0 Å². The van der Waals surface area contributed by atoms with Crippen LogP contribution in [0.4, 0.5) is 0 Å². The maximum absolute atomic E-state index is 12.1. The van der Waals surface area contributed by atoms with Crippen molar-refractivity contribution < 1.29 is 14.3 Å². The van der Waals surface area contributed by atoms with E-state index in [-0.39, 0.29) is 11.9 Å². The van der Waals surface area contributed by atoms with Gasteiger partial charge in [-0.05, 0) is 32.0 Å². The van der Waals surface area contributed by atoms with Crippen molar-refractivity contribution in [2.75, 3.05) is 34.4 Å². The fraction of sp³-hybridized carbons (Fsp3) is 0.533. The monoisotopic (exact) mass is 278 g/mol. The third kappa shape index (κ3) is 2.88. The highest BCUT2D eigenvalue weighted by atomic mass is 16.5. The molecule has 5 heteroatoms. The van der Waals surface area contributed by atoms with Crippen LogP contribution in [-0.4, -0.2) is 45.2 Å². The second-order valence-corrected chi connectivity index (χ2v) is 4.88. The van der Waals surface area contributed by atoms with Crippen LogP contribution in [-0.2, 0) is 4.79 Å². The molecular formula is C15H22N2O3. The zero-order chi connectivity index (χ0) is 14.5. The molecule has 0 aromatic heterocycles. The van der Waals surface area contributed by atoms with E-state index in [4.69, 9.17) is 9.47 Å². The van der Waals surface area contributed by atoms with Crippen molar-refractivity contribution in [3.05, 3.63) is 23.8 Å². The maximum atomic E-state index is 12.1. The summed E-state index contributed by atoms with van der Waals surface area (Å²) in [5.74, 6) is 1.67. The van der Waals surface area contributed by atoms with Crippen molar-refractivity contribution in [3.63, 3.8) is 0 Å². The molecule has 1 aromatic carbocycles. The lowest BCUT2D eigenvalue weighted by Gasteiger charge is -2.26. The van der Waals surface area contributed by atoms with Crippen molar-refractivity contribution >= 4 is 5.91 Å². The first-order valence-corrected chi connectivity index (χ1v) is 6.87. The number of likely N-dealkylation sites (tertiary alicyclic amines) is 1. The summed E-state index contributed by atoms with van der Waals surface area (Å²) in [5.41, 5.74) is 1.05. The van der Waals surface area contributed by atoms with Gasteiger partial charge in [0.05, 0.1) is 26.8 Å².